The van der Waals surface area contributed by atoms with E-state index in [1.54, 1.807) is 14.2 Å². The molecule has 0 bridgehead atoms. The predicted molar refractivity (Wildman–Crippen MR) is 100.0 cm³/mol. The molecule has 0 radical (unpaired) electrons. The van der Waals surface area contributed by atoms with Crippen LogP contribution in [-0.2, 0) is 0 Å². The maximum Gasteiger partial charge on any atom is 0.165 e. The Morgan fingerprint density at radius 1 is 1.16 bits per heavy atom. The van der Waals surface area contributed by atoms with Crippen LogP contribution in [0.15, 0.2) is 47.0 Å². The number of ether oxygens (including phenoxy) is 2. The predicted octanol–water partition coefficient (Wildman–Crippen LogP) is 5.43. The molecule has 1 heterocycles. The van der Waals surface area contributed by atoms with E-state index in [0.717, 1.165) is 22.0 Å². The van der Waals surface area contributed by atoms with Crippen molar-refractivity contribution < 1.29 is 13.9 Å². The molecule has 0 fully saturated rings. The van der Waals surface area contributed by atoms with Crippen molar-refractivity contribution in [2.24, 2.45) is 5.92 Å². The van der Waals surface area contributed by atoms with Gasteiger partial charge in [-0.1, -0.05) is 40.2 Å². The first-order valence-corrected chi connectivity index (χ1v) is 9.06. The third-order valence-corrected chi connectivity index (χ3v) is 5.61. The van der Waals surface area contributed by atoms with Gasteiger partial charge in [-0.2, -0.15) is 0 Å². The first-order valence-electron chi connectivity index (χ1n) is 8.27. The van der Waals surface area contributed by atoms with Crippen molar-refractivity contribution in [2.45, 2.75) is 18.4 Å². The Kier molecular flexibility index (Phi) is 4.20. The van der Waals surface area contributed by atoms with E-state index in [-0.39, 0.29) is 17.8 Å². The summed E-state index contributed by atoms with van der Waals surface area (Å²) in [6, 6.07) is 9.32. The van der Waals surface area contributed by atoms with Gasteiger partial charge in [-0.05, 0) is 36.1 Å². The SMILES string of the molecule is COc1cccc([C@H]2Nc3c(F)cc(Br)cc3[C@H]3C=CC[C@@H]32)c1OC. The van der Waals surface area contributed by atoms with Crippen molar-refractivity contribution in [2.75, 3.05) is 19.5 Å². The zero-order valence-electron chi connectivity index (χ0n) is 14.1. The monoisotopic (exact) mass is 403 g/mol. The van der Waals surface area contributed by atoms with Gasteiger partial charge in [0.15, 0.2) is 11.5 Å². The first kappa shape index (κ1) is 16.5. The van der Waals surface area contributed by atoms with Crippen LogP contribution < -0.4 is 14.8 Å². The summed E-state index contributed by atoms with van der Waals surface area (Å²) in [6.07, 6.45) is 5.32. The number of rotatable bonds is 3. The number of hydrogen-bond donors (Lipinski definition) is 1. The molecule has 2 aromatic rings. The number of para-hydroxylation sites is 1. The van der Waals surface area contributed by atoms with E-state index in [2.05, 4.69) is 33.4 Å². The van der Waals surface area contributed by atoms with Crippen LogP contribution in [0.5, 0.6) is 11.5 Å². The summed E-state index contributed by atoms with van der Waals surface area (Å²) >= 11 is 3.41. The summed E-state index contributed by atoms with van der Waals surface area (Å²) < 4.78 is 26.5. The van der Waals surface area contributed by atoms with Crippen LogP contribution in [0.4, 0.5) is 10.1 Å². The lowest BCUT2D eigenvalue weighted by Crippen LogP contribution is -2.30. The van der Waals surface area contributed by atoms with Crippen molar-refractivity contribution in [3.05, 3.63) is 63.9 Å². The van der Waals surface area contributed by atoms with Gasteiger partial charge < -0.3 is 14.8 Å². The lowest BCUT2D eigenvalue weighted by molar-refractivity contribution is 0.340. The van der Waals surface area contributed by atoms with Gasteiger partial charge in [-0.15, -0.1) is 0 Å². The Hall–Kier alpha value is -2.01. The van der Waals surface area contributed by atoms with E-state index in [4.69, 9.17) is 9.47 Å². The fraction of sp³-hybridized carbons (Fsp3) is 0.300. The van der Waals surface area contributed by atoms with Gasteiger partial charge >= 0.3 is 0 Å². The third-order valence-electron chi connectivity index (χ3n) is 5.15. The molecular formula is C20H19BrFNO2. The molecule has 1 aliphatic carbocycles. The van der Waals surface area contributed by atoms with E-state index >= 15 is 0 Å². The molecule has 0 amide bonds. The van der Waals surface area contributed by atoms with Crippen LogP contribution >= 0.6 is 15.9 Å². The Bertz CT molecular complexity index is 852. The topological polar surface area (TPSA) is 30.5 Å². The van der Waals surface area contributed by atoms with Gasteiger partial charge in [0.05, 0.1) is 25.9 Å². The molecule has 0 spiro atoms. The van der Waals surface area contributed by atoms with Crippen molar-refractivity contribution in [1.29, 1.82) is 0 Å². The summed E-state index contributed by atoms with van der Waals surface area (Å²) in [5.41, 5.74) is 2.57. The van der Waals surface area contributed by atoms with Crippen LogP contribution in [0.1, 0.15) is 29.5 Å². The number of anilines is 1. The Morgan fingerprint density at radius 3 is 2.76 bits per heavy atom. The minimum atomic E-state index is -0.241. The Balaban J connectivity index is 1.85. The lowest BCUT2D eigenvalue weighted by Gasteiger charge is -2.38. The van der Waals surface area contributed by atoms with Gasteiger partial charge in [0.2, 0.25) is 0 Å². The molecule has 0 aromatic heterocycles. The van der Waals surface area contributed by atoms with Gasteiger partial charge in [0.25, 0.3) is 0 Å². The standard InChI is InChI=1S/C20H19BrFNO2/c1-24-17-8-4-7-14(20(17)25-2)18-13-6-3-5-12(13)15-9-11(21)10-16(22)19(15)23-18/h3-5,7-10,12-13,18,23H,6H2,1-2H3/t12-,13-,18-/m0/s1. The molecule has 25 heavy (non-hydrogen) atoms. The van der Waals surface area contributed by atoms with E-state index in [0.29, 0.717) is 23.1 Å². The summed E-state index contributed by atoms with van der Waals surface area (Å²) in [7, 11) is 3.27. The first-order chi connectivity index (χ1) is 12.1. The minimum absolute atomic E-state index is 0.0479. The van der Waals surface area contributed by atoms with Crippen molar-refractivity contribution in [3.8, 4) is 11.5 Å². The van der Waals surface area contributed by atoms with Crippen LogP contribution in [-0.4, -0.2) is 14.2 Å². The number of hydrogen-bond acceptors (Lipinski definition) is 3. The molecule has 3 atom stereocenters. The van der Waals surface area contributed by atoms with E-state index in [9.17, 15) is 4.39 Å². The molecule has 1 aliphatic heterocycles. The summed E-state index contributed by atoms with van der Waals surface area (Å²) in [4.78, 5) is 0. The summed E-state index contributed by atoms with van der Waals surface area (Å²) in [5, 5.41) is 3.43. The second-order valence-electron chi connectivity index (χ2n) is 6.41. The van der Waals surface area contributed by atoms with Gasteiger partial charge in [-0.3, -0.25) is 0 Å². The van der Waals surface area contributed by atoms with E-state index in [1.807, 2.05) is 24.3 Å². The van der Waals surface area contributed by atoms with Gasteiger partial charge in [0.1, 0.15) is 5.82 Å². The van der Waals surface area contributed by atoms with Crippen LogP contribution in [0, 0.1) is 11.7 Å². The number of nitrogens with one attached hydrogen (secondary N) is 1. The Morgan fingerprint density at radius 2 is 2.00 bits per heavy atom. The van der Waals surface area contributed by atoms with Crippen molar-refractivity contribution >= 4 is 21.6 Å². The summed E-state index contributed by atoms with van der Waals surface area (Å²) in [5.74, 6) is 1.64. The zero-order chi connectivity index (χ0) is 17.6. The van der Waals surface area contributed by atoms with E-state index < -0.39 is 0 Å². The number of methoxy groups -OCH3 is 2. The summed E-state index contributed by atoms with van der Waals surface area (Å²) in [6.45, 7) is 0. The highest BCUT2D eigenvalue weighted by Gasteiger charge is 2.40. The largest absolute Gasteiger partial charge is 0.493 e. The second kappa shape index (κ2) is 6.37. The number of benzene rings is 2. The smallest absolute Gasteiger partial charge is 0.165 e. The lowest BCUT2D eigenvalue weighted by atomic mass is 9.76. The molecule has 3 nitrogen and oxygen atoms in total. The highest BCUT2D eigenvalue weighted by atomic mass is 79.9. The normalized spacial score (nSPS) is 23.6. The molecule has 5 heteroatoms. The number of fused-ring (bicyclic) bond motifs is 3. The maximum atomic E-state index is 14.6. The molecule has 2 aromatic carbocycles. The maximum absolute atomic E-state index is 14.6. The highest BCUT2D eigenvalue weighted by Crippen LogP contribution is 2.53. The van der Waals surface area contributed by atoms with Crippen molar-refractivity contribution in [1.82, 2.24) is 0 Å². The fourth-order valence-corrected chi connectivity index (χ4v) is 4.53. The fourth-order valence-electron chi connectivity index (χ4n) is 4.09. The van der Waals surface area contributed by atoms with Gasteiger partial charge in [0, 0.05) is 16.0 Å². The minimum Gasteiger partial charge on any atom is -0.493 e. The molecule has 0 unspecified atom stereocenters. The molecule has 130 valence electrons. The third kappa shape index (κ3) is 2.61. The average molecular weight is 404 g/mol. The molecular weight excluding hydrogens is 385 g/mol. The van der Waals surface area contributed by atoms with Gasteiger partial charge in [-0.25, -0.2) is 4.39 Å². The average Bonchev–Trinajstić information content (AvgIpc) is 3.10. The highest BCUT2D eigenvalue weighted by molar-refractivity contribution is 9.10. The molecule has 2 aliphatic rings. The second-order valence-corrected chi connectivity index (χ2v) is 7.33. The molecule has 0 saturated heterocycles. The van der Waals surface area contributed by atoms with Crippen molar-refractivity contribution in [3.63, 3.8) is 0 Å². The Labute approximate surface area is 155 Å². The van der Waals surface area contributed by atoms with E-state index in [1.165, 1.54) is 6.07 Å². The molecule has 0 saturated carbocycles. The molecule has 1 N–H and O–H groups in total. The number of halogens is 2. The molecule has 4 rings (SSSR count). The quantitative estimate of drug-likeness (QED) is 0.692. The van der Waals surface area contributed by atoms with Crippen LogP contribution in [0.3, 0.4) is 0 Å². The van der Waals surface area contributed by atoms with Crippen LogP contribution in [0.2, 0.25) is 0 Å². The number of allylic oxidation sites excluding steroid dienone is 2. The zero-order valence-corrected chi connectivity index (χ0v) is 15.6. The van der Waals surface area contributed by atoms with Crippen LogP contribution in [0.25, 0.3) is 0 Å².